The van der Waals surface area contributed by atoms with Crippen molar-refractivity contribution in [3.8, 4) is 0 Å². The Labute approximate surface area is 130 Å². The van der Waals surface area contributed by atoms with E-state index in [1.165, 1.54) is 12.8 Å². The molecule has 0 aliphatic carbocycles. The molecule has 0 bridgehead atoms. The van der Waals surface area contributed by atoms with Crippen molar-refractivity contribution in [3.63, 3.8) is 0 Å². The van der Waals surface area contributed by atoms with Crippen LogP contribution >= 0.6 is 0 Å². The van der Waals surface area contributed by atoms with Gasteiger partial charge in [0.2, 0.25) is 0 Å². The van der Waals surface area contributed by atoms with Crippen molar-refractivity contribution >= 4 is 11.2 Å². The molecule has 0 aromatic carbocycles. The summed E-state index contributed by atoms with van der Waals surface area (Å²) in [6, 6.07) is 4.47. The van der Waals surface area contributed by atoms with Gasteiger partial charge < -0.3 is 14.0 Å². The third kappa shape index (κ3) is 2.75. The predicted octanol–water partition coefficient (Wildman–Crippen LogP) is 2.89. The Morgan fingerprint density at radius 3 is 2.86 bits per heavy atom. The summed E-state index contributed by atoms with van der Waals surface area (Å²) in [6.45, 7) is 2.55. The summed E-state index contributed by atoms with van der Waals surface area (Å²) in [6.07, 6.45) is 8.75. The minimum atomic E-state index is 0.309. The zero-order chi connectivity index (χ0) is 14.8. The summed E-state index contributed by atoms with van der Waals surface area (Å²) < 4.78 is 13.8. The molecule has 1 atom stereocenters. The van der Waals surface area contributed by atoms with Gasteiger partial charge in [0.1, 0.15) is 11.3 Å². The van der Waals surface area contributed by atoms with E-state index < -0.39 is 0 Å². The molecule has 2 fully saturated rings. The Bertz CT molecular complexity index is 628. The van der Waals surface area contributed by atoms with Gasteiger partial charge in [0.25, 0.3) is 0 Å². The number of nitrogens with zero attached hydrogens (tertiary/aromatic N) is 3. The number of imidazole rings is 1. The van der Waals surface area contributed by atoms with Crippen molar-refractivity contribution in [2.75, 3.05) is 19.8 Å². The molecule has 0 saturated carbocycles. The molecule has 118 valence electrons. The topological polar surface area (TPSA) is 49.2 Å². The maximum absolute atomic E-state index is 5.92. The van der Waals surface area contributed by atoms with Crippen molar-refractivity contribution in [2.45, 2.75) is 50.7 Å². The van der Waals surface area contributed by atoms with Crippen LogP contribution < -0.4 is 0 Å². The number of ether oxygens (including phenoxy) is 2. The van der Waals surface area contributed by atoms with Gasteiger partial charge in [0, 0.05) is 38.5 Å². The lowest BCUT2D eigenvalue weighted by atomic mass is 10.0. The van der Waals surface area contributed by atoms with Gasteiger partial charge in [-0.25, -0.2) is 9.97 Å². The molecule has 2 aromatic heterocycles. The molecule has 2 saturated heterocycles. The van der Waals surface area contributed by atoms with E-state index >= 15 is 0 Å². The molecule has 2 aliphatic rings. The molecular formula is C17H23N3O2. The summed E-state index contributed by atoms with van der Waals surface area (Å²) in [5.41, 5.74) is 2.01. The highest BCUT2D eigenvalue weighted by atomic mass is 16.5. The predicted molar refractivity (Wildman–Crippen MR) is 83.9 cm³/mol. The molecule has 0 radical (unpaired) electrons. The number of rotatable bonds is 3. The van der Waals surface area contributed by atoms with Gasteiger partial charge in [-0.05, 0) is 44.2 Å². The molecule has 5 nitrogen and oxygen atoms in total. The van der Waals surface area contributed by atoms with Crippen molar-refractivity contribution in [3.05, 3.63) is 24.2 Å². The summed E-state index contributed by atoms with van der Waals surface area (Å²) in [5, 5.41) is 0. The Hall–Kier alpha value is -1.46. The molecule has 0 spiro atoms. The van der Waals surface area contributed by atoms with Crippen molar-refractivity contribution in [1.29, 1.82) is 0 Å². The van der Waals surface area contributed by atoms with Crippen LogP contribution in [0.3, 0.4) is 0 Å². The maximum Gasteiger partial charge on any atom is 0.160 e. The van der Waals surface area contributed by atoms with Gasteiger partial charge in [0.05, 0.1) is 6.10 Å². The van der Waals surface area contributed by atoms with Gasteiger partial charge in [-0.15, -0.1) is 0 Å². The van der Waals surface area contributed by atoms with Gasteiger partial charge in [-0.2, -0.15) is 0 Å². The summed E-state index contributed by atoms with van der Waals surface area (Å²) in [7, 11) is 0. The van der Waals surface area contributed by atoms with Crippen LogP contribution in [0.5, 0.6) is 0 Å². The first-order valence-corrected chi connectivity index (χ1v) is 8.43. The molecule has 2 aromatic rings. The van der Waals surface area contributed by atoms with Crippen LogP contribution in [0.2, 0.25) is 0 Å². The number of aromatic nitrogens is 3. The second kappa shape index (κ2) is 6.34. The Morgan fingerprint density at radius 1 is 1.14 bits per heavy atom. The normalized spacial score (nSPS) is 23.9. The molecule has 4 rings (SSSR count). The van der Waals surface area contributed by atoms with Crippen LogP contribution in [-0.2, 0) is 15.9 Å². The fourth-order valence-electron chi connectivity index (χ4n) is 3.62. The largest absolute Gasteiger partial charge is 0.381 e. The smallest absolute Gasteiger partial charge is 0.160 e. The molecule has 0 amide bonds. The average molecular weight is 301 g/mol. The lowest BCUT2D eigenvalue weighted by Gasteiger charge is -2.27. The summed E-state index contributed by atoms with van der Waals surface area (Å²) >= 11 is 0. The minimum absolute atomic E-state index is 0.309. The second-order valence-electron chi connectivity index (χ2n) is 6.28. The lowest BCUT2D eigenvalue weighted by Crippen LogP contribution is -2.26. The Kier molecular flexibility index (Phi) is 4.08. The molecule has 2 aliphatic heterocycles. The Balaban J connectivity index is 1.68. The van der Waals surface area contributed by atoms with E-state index in [4.69, 9.17) is 14.5 Å². The van der Waals surface area contributed by atoms with Crippen LogP contribution in [0, 0.1) is 0 Å². The van der Waals surface area contributed by atoms with Gasteiger partial charge in [-0.3, -0.25) is 0 Å². The van der Waals surface area contributed by atoms with Crippen LogP contribution in [0.4, 0.5) is 0 Å². The first-order chi connectivity index (χ1) is 10.9. The van der Waals surface area contributed by atoms with Gasteiger partial charge in [-0.1, -0.05) is 0 Å². The molecule has 22 heavy (non-hydrogen) atoms. The first kappa shape index (κ1) is 14.2. The van der Waals surface area contributed by atoms with E-state index in [-0.39, 0.29) is 0 Å². The van der Waals surface area contributed by atoms with E-state index in [9.17, 15) is 0 Å². The van der Waals surface area contributed by atoms with Gasteiger partial charge >= 0.3 is 0 Å². The zero-order valence-electron chi connectivity index (χ0n) is 12.9. The molecule has 5 heteroatoms. The number of pyridine rings is 1. The van der Waals surface area contributed by atoms with Crippen molar-refractivity contribution in [2.24, 2.45) is 0 Å². The van der Waals surface area contributed by atoms with E-state index in [0.29, 0.717) is 12.1 Å². The standard InChI is InChI=1S/C17H23N3O2/c1-2-9-22-14(4-1)12-16-19-15-5-3-8-18-17(15)20(16)13-6-10-21-11-7-13/h3,5,8,13-14H,1-2,4,6-7,9-12H2. The summed E-state index contributed by atoms with van der Waals surface area (Å²) in [5.74, 6) is 1.13. The fraction of sp³-hybridized carbons (Fsp3) is 0.647. The second-order valence-corrected chi connectivity index (χ2v) is 6.28. The van der Waals surface area contributed by atoms with E-state index in [2.05, 4.69) is 15.6 Å². The lowest BCUT2D eigenvalue weighted by molar-refractivity contribution is 0.0143. The number of hydrogen-bond donors (Lipinski definition) is 0. The van der Waals surface area contributed by atoms with E-state index in [1.54, 1.807) is 0 Å². The maximum atomic E-state index is 5.92. The van der Waals surface area contributed by atoms with E-state index in [1.807, 2.05) is 12.3 Å². The first-order valence-electron chi connectivity index (χ1n) is 8.43. The van der Waals surface area contributed by atoms with Crippen LogP contribution in [0.25, 0.3) is 11.2 Å². The average Bonchev–Trinajstić information content (AvgIpc) is 2.94. The number of fused-ring (bicyclic) bond motifs is 1. The minimum Gasteiger partial charge on any atom is -0.381 e. The van der Waals surface area contributed by atoms with Crippen LogP contribution in [-0.4, -0.2) is 40.5 Å². The quantitative estimate of drug-likeness (QED) is 0.874. The SMILES string of the molecule is c1cnc2c(c1)nc(CC1CCCCO1)n2C1CCOCC1. The van der Waals surface area contributed by atoms with Crippen molar-refractivity contribution in [1.82, 2.24) is 14.5 Å². The van der Waals surface area contributed by atoms with Crippen LogP contribution in [0.1, 0.15) is 44.0 Å². The highest BCUT2D eigenvalue weighted by molar-refractivity contribution is 5.71. The molecular weight excluding hydrogens is 278 g/mol. The highest BCUT2D eigenvalue weighted by Crippen LogP contribution is 2.28. The van der Waals surface area contributed by atoms with E-state index in [0.717, 1.165) is 62.5 Å². The monoisotopic (exact) mass is 301 g/mol. The fourth-order valence-corrected chi connectivity index (χ4v) is 3.62. The highest BCUT2D eigenvalue weighted by Gasteiger charge is 2.25. The molecule has 0 N–H and O–H groups in total. The summed E-state index contributed by atoms with van der Waals surface area (Å²) in [4.78, 5) is 9.45. The van der Waals surface area contributed by atoms with Crippen molar-refractivity contribution < 1.29 is 9.47 Å². The molecule has 1 unspecified atom stereocenters. The Morgan fingerprint density at radius 2 is 2.05 bits per heavy atom. The van der Waals surface area contributed by atoms with Gasteiger partial charge in [0.15, 0.2) is 5.65 Å². The third-order valence-electron chi connectivity index (χ3n) is 4.76. The zero-order valence-corrected chi connectivity index (χ0v) is 12.9. The molecule has 4 heterocycles. The number of hydrogen-bond acceptors (Lipinski definition) is 4. The van der Waals surface area contributed by atoms with Crippen LogP contribution in [0.15, 0.2) is 18.3 Å². The third-order valence-corrected chi connectivity index (χ3v) is 4.76.